The second-order valence-corrected chi connectivity index (χ2v) is 8.08. The van der Waals surface area contributed by atoms with Crippen LogP contribution >= 0.6 is 0 Å². The largest absolute Gasteiger partial charge is 0.480 e. The molecule has 2 aromatic rings. The lowest BCUT2D eigenvalue weighted by Gasteiger charge is -2.19. The van der Waals surface area contributed by atoms with Crippen LogP contribution in [0, 0.1) is 11.3 Å². The summed E-state index contributed by atoms with van der Waals surface area (Å²) >= 11 is 0. The third-order valence-corrected chi connectivity index (χ3v) is 5.92. The summed E-state index contributed by atoms with van der Waals surface area (Å²) in [5.74, 6) is 0.939. The Kier molecular flexibility index (Phi) is 5.33. The molecule has 10 heteroatoms. The first-order valence-electron chi connectivity index (χ1n) is 10.6. The van der Waals surface area contributed by atoms with E-state index in [-0.39, 0.29) is 18.6 Å². The molecular weight excluding hydrogens is 412 g/mol. The van der Waals surface area contributed by atoms with Gasteiger partial charge in [0.15, 0.2) is 18.2 Å². The van der Waals surface area contributed by atoms with Gasteiger partial charge in [-0.1, -0.05) is 0 Å². The van der Waals surface area contributed by atoms with E-state index in [4.69, 9.17) is 9.47 Å². The lowest BCUT2D eigenvalue weighted by atomic mass is 10.1. The maximum absolute atomic E-state index is 12.3. The van der Waals surface area contributed by atoms with E-state index in [2.05, 4.69) is 26.7 Å². The van der Waals surface area contributed by atoms with Crippen LogP contribution in [0.1, 0.15) is 29.7 Å². The highest BCUT2D eigenvalue weighted by molar-refractivity contribution is 5.95. The highest BCUT2D eigenvalue weighted by Gasteiger charge is 2.34. The Hall–Kier alpha value is -3.71. The number of carbonyl (C=O) groups excluding carboxylic acids is 2. The number of nitriles is 1. The third kappa shape index (κ3) is 3.94. The third-order valence-electron chi connectivity index (χ3n) is 5.92. The molecule has 3 aliphatic rings. The fraction of sp³-hybridized carbons (Fsp3) is 0.409. The second kappa shape index (κ2) is 8.43. The van der Waals surface area contributed by atoms with Crippen LogP contribution in [0.3, 0.4) is 0 Å². The number of anilines is 2. The molecular formula is C22H22N6O4. The summed E-state index contributed by atoms with van der Waals surface area (Å²) in [6.45, 7) is 1.16. The van der Waals surface area contributed by atoms with Crippen molar-refractivity contribution in [2.45, 2.75) is 37.8 Å². The smallest absolute Gasteiger partial charge is 0.415 e. The molecule has 1 saturated heterocycles. The molecule has 1 aliphatic carbocycles. The van der Waals surface area contributed by atoms with E-state index in [1.165, 1.54) is 10.5 Å². The maximum Gasteiger partial charge on any atom is 0.415 e. The van der Waals surface area contributed by atoms with Crippen molar-refractivity contribution in [3.05, 3.63) is 41.2 Å². The van der Waals surface area contributed by atoms with Crippen molar-refractivity contribution in [3.8, 4) is 11.8 Å². The van der Waals surface area contributed by atoms with E-state index in [9.17, 15) is 14.9 Å². The van der Waals surface area contributed by atoms with Gasteiger partial charge in [0.2, 0.25) is 0 Å². The van der Waals surface area contributed by atoms with Crippen molar-refractivity contribution in [1.29, 1.82) is 5.26 Å². The molecule has 0 spiro atoms. The second-order valence-electron chi connectivity index (χ2n) is 8.08. The van der Waals surface area contributed by atoms with Gasteiger partial charge < -0.3 is 20.1 Å². The SMILES string of the molecule is N#Cc1nccc2c1CC(NCCCC1CN(c3ccc4c(n3)NC(=O)CO4)C(=O)O1)C2. The Balaban J connectivity index is 1.10. The van der Waals surface area contributed by atoms with Crippen LogP contribution in [0.4, 0.5) is 16.4 Å². The highest BCUT2D eigenvalue weighted by atomic mass is 16.6. The molecule has 2 aromatic heterocycles. The number of amides is 2. The van der Waals surface area contributed by atoms with Crippen LogP contribution in [0.2, 0.25) is 0 Å². The molecule has 164 valence electrons. The predicted octanol–water partition coefficient (Wildman–Crippen LogP) is 1.54. The van der Waals surface area contributed by atoms with Crippen LogP contribution < -0.4 is 20.3 Å². The van der Waals surface area contributed by atoms with Gasteiger partial charge >= 0.3 is 6.09 Å². The van der Waals surface area contributed by atoms with Gasteiger partial charge in [0.25, 0.3) is 5.91 Å². The highest BCUT2D eigenvalue weighted by Crippen LogP contribution is 2.30. The van der Waals surface area contributed by atoms with E-state index in [0.717, 1.165) is 37.8 Å². The van der Waals surface area contributed by atoms with Crippen LogP contribution in [0.5, 0.6) is 5.75 Å². The summed E-state index contributed by atoms with van der Waals surface area (Å²) in [6, 6.07) is 7.82. The van der Waals surface area contributed by atoms with E-state index in [1.807, 2.05) is 6.07 Å². The van der Waals surface area contributed by atoms with Gasteiger partial charge in [-0.2, -0.15) is 5.26 Å². The molecule has 10 nitrogen and oxygen atoms in total. The maximum atomic E-state index is 12.3. The first-order chi connectivity index (χ1) is 15.6. The Morgan fingerprint density at radius 2 is 2.19 bits per heavy atom. The quantitative estimate of drug-likeness (QED) is 0.655. The van der Waals surface area contributed by atoms with Gasteiger partial charge in [0.1, 0.15) is 23.7 Å². The Morgan fingerprint density at radius 3 is 3.06 bits per heavy atom. The summed E-state index contributed by atoms with van der Waals surface area (Å²) in [5.41, 5.74) is 2.76. The number of carbonyl (C=O) groups is 2. The number of nitrogens with one attached hydrogen (secondary N) is 2. The molecule has 2 atom stereocenters. The first kappa shape index (κ1) is 20.2. The Bertz CT molecular complexity index is 1110. The number of aromatic nitrogens is 2. The average Bonchev–Trinajstić information content (AvgIpc) is 3.38. The minimum atomic E-state index is -0.443. The van der Waals surface area contributed by atoms with Gasteiger partial charge in [-0.25, -0.2) is 14.8 Å². The molecule has 2 unspecified atom stereocenters. The summed E-state index contributed by atoms with van der Waals surface area (Å²) in [5, 5.41) is 15.4. The summed E-state index contributed by atoms with van der Waals surface area (Å²) in [4.78, 5) is 33.8. The van der Waals surface area contributed by atoms with Crippen molar-refractivity contribution in [3.63, 3.8) is 0 Å². The zero-order chi connectivity index (χ0) is 22.1. The number of hydrogen-bond acceptors (Lipinski definition) is 8. The monoisotopic (exact) mass is 434 g/mol. The number of pyridine rings is 2. The Morgan fingerprint density at radius 1 is 1.28 bits per heavy atom. The lowest BCUT2D eigenvalue weighted by Crippen LogP contribution is -2.31. The van der Waals surface area contributed by atoms with E-state index < -0.39 is 6.09 Å². The van der Waals surface area contributed by atoms with E-state index >= 15 is 0 Å². The summed E-state index contributed by atoms with van der Waals surface area (Å²) in [7, 11) is 0. The van der Waals surface area contributed by atoms with Crippen LogP contribution in [-0.4, -0.2) is 53.8 Å². The fourth-order valence-electron chi connectivity index (χ4n) is 4.37. The van der Waals surface area contributed by atoms with Crippen LogP contribution in [0.25, 0.3) is 0 Å². The Labute approximate surface area is 184 Å². The minimum absolute atomic E-state index is 0.0424. The number of cyclic esters (lactones) is 1. The number of hydrogen-bond donors (Lipinski definition) is 2. The van der Waals surface area contributed by atoms with Gasteiger partial charge in [-0.3, -0.25) is 9.69 Å². The fourth-order valence-corrected chi connectivity index (χ4v) is 4.37. The number of ether oxygens (including phenoxy) is 2. The average molecular weight is 434 g/mol. The summed E-state index contributed by atoms with van der Waals surface area (Å²) < 4.78 is 10.8. The minimum Gasteiger partial charge on any atom is -0.480 e. The molecule has 32 heavy (non-hydrogen) atoms. The summed E-state index contributed by atoms with van der Waals surface area (Å²) in [6.07, 6.45) is 4.31. The topological polar surface area (TPSA) is 129 Å². The number of nitrogens with zero attached hydrogens (tertiary/aromatic N) is 4. The first-order valence-corrected chi connectivity index (χ1v) is 10.6. The molecule has 4 heterocycles. The van der Waals surface area contributed by atoms with Crippen molar-refractivity contribution in [2.24, 2.45) is 0 Å². The van der Waals surface area contributed by atoms with E-state index in [1.54, 1.807) is 18.3 Å². The van der Waals surface area contributed by atoms with Crippen LogP contribution in [0.15, 0.2) is 24.4 Å². The van der Waals surface area contributed by atoms with Crippen molar-refractivity contribution in [2.75, 3.05) is 29.9 Å². The molecule has 0 saturated carbocycles. The standard InChI is InChI=1S/C22H22N6O4/c23-10-17-16-9-14(8-13(16)5-7-25-17)24-6-1-2-15-11-28(22(30)32-15)19-4-3-18-21(26-19)27-20(29)12-31-18/h3-5,7,14-15,24H,1-2,6,8-9,11-12H2,(H,26,27,29). The zero-order valence-electron chi connectivity index (χ0n) is 17.3. The van der Waals surface area contributed by atoms with E-state index in [0.29, 0.717) is 35.7 Å². The van der Waals surface area contributed by atoms with Crippen molar-refractivity contribution in [1.82, 2.24) is 15.3 Å². The molecule has 2 amide bonds. The number of fused-ring (bicyclic) bond motifs is 2. The van der Waals surface area contributed by atoms with Crippen molar-refractivity contribution < 1.29 is 19.1 Å². The van der Waals surface area contributed by atoms with Crippen molar-refractivity contribution >= 4 is 23.6 Å². The molecule has 2 aliphatic heterocycles. The lowest BCUT2D eigenvalue weighted by molar-refractivity contribution is -0.118. The molecule has 2 N–H and O–H groups in total. The van der Waals surface area contributed by atoms with Gasteiger partial charge in [0.05, 0.1) is 6.54 Å². The molecule has 0 aromatic carbocycles. The normalized spacial score (nSPS) is 21.3. The van der Waals surface area contributed by atoms with Gasteiger partial charge in [-0.05, 0) is 61.6 Å². The molecule has 0 radical (unpaired) electrons. The molecule has 0 bridgehead atoms. The molecule has 1 fully saturated rings. The van der Waals surface area contributed by atoms with Gasteiger partial charge in [0, 0.05) is 12.2 Å². The predicted molar refractivity (Wildman–Crippen MR) is 113 cm³/mol. The number of rotatable bonds is 6. The molecule has 5 rings (SSSR count). The van der Waals surface area contributed by atoms with Crippen LogP contribution in [-0.2, 0) is 22.4 Å². The zero-order valence-corrected chi connectivity index (χ0v) is 17.3. The van der Waals surface area contributed by atoms with Gasteiger partial charge in [-0.15, -0.1) is 0 Å².